The van der Waals surface area contributed by atoms with Crippen LogP contribution in [-0.4, -0.2) is 18.6 Å². The summed E-state index contributed by atoms with van der Waals surface area (Å²) in [4.78, 5) is 12.9. The number of hydrogen-bond acceptors (Lipinski definition) is 2. The van der Waals surface area contributed by atoms with E-state index in [9.17, 15) is 13.6 Å². The van der Waals surface area contributed by atoms with Gasteiger partial charge in [-0.3, -0.25) is 4.79 Å². The fraction of sp³-hybridized carbons (Fsp3) is 0.364. The number of fused-ring (bicyclic) bond motifs is 1. The molecule has 0 saturated carbocycles. The van der Waals surface area contributed by atoms with Gasteiger partial charge in [-0.1, -0.05) is 0 Å². The van der Waals surface area contributed by atoms with Crippen LogP contribution in [0.2, 0.25) is 0 Å². The van der Waals surface area contributed by atoms with Crippen molar-refractivity contribution in [1.82, 2.24) is 0 Å². The van der Waals surface area contributed by atoms with Crippen LogP contribution >= 0.6 is 0 Å². The highest BCUT2D eigenvalue weighted by atomic mass is 19.1. The first-order valence-corrected chi connectivity index (χ1v) is 4.94. The van der Waals surface area contributed by atoms with Crippen LogP contribution in [0.5, 0.6) is 5.75 Å². The molecule has 0 aromatic heterocycles. The minimum absolute atomic E-state index is 0.0605. The summed E-state index contributed by atoms with van der Waals surface area (Å²) in [7, 11) is 0. The van der Waals surface area contributed by atoms with Gasteiger partial charge < -0.3 is 9.64 Å². The first kappa shape index (κ1) is 10.9. The third-order valence-electron chi connectivity index (χ3n) is 2.37. The summed E-state index contributed by atoms with van der Waals surface area (Å²) in [5, 5.41) is 0. The smallest absolute Gasteiger partial charge is 0.265 e. The van der Waals surface area contributed by atoms with Gasteiger partial charge in [-0.15, -0.1) is 0 Å². The molecular formula is C11H11F2NO2. The molecule has 0 atom stereocenters. The lowest BCUT2D eigenvalue weighted by Crippen LogP contribution is -2.43. The molecule has 1 aromatic carbocycles. The number of hydrogen-bond donors (Lipinski definition) is 0. The number of carbonyl (C=O) groups is 1. The quantitative estimate of drug-likeness (QED) is 0.735. The molecule has 0 fully saturated rings. The molecule has 0 saturated heterocycles. The van der Waals surface area contributed by atoms with Crippen molar-refractivity contribution in [3.8, 4) is 5.75 Å². The highest BCUT2D eigenvalue weighted by Crippen LogP contribution is 2.36. The zero-order valence-corrected chi connectivity index (χ0v) is 8.96. The molecule has 16 heavy (non-hydrogen) atoms. The number of nitrogens with zero attached hydrogens (tertiary/aromatic N) is 1. The normalized spacial score (nSPS) is 15.1. The van der Waals surface area contributed by atoms with E-state index in [2.05, 4.69) is 0 Å². The van der Waals surface area contributed by atoms with Gasteiger partial charge in [0.2, 0.25) is 0 Å². The molecular weight excluding hydrogens is 216 g/mol. The van der Waals surface area contributed by atoms with E-state index in [4.69, 9.17) is 4.74 Å². The van der Waals surface area contributed by atoms with Crippen LogP contribution in [0.1, 0.15) is 13.8 Å². The molecule has 1 aromatic rings. The summed E-state index contributed by atoms with van der Waals surface area (Å²) in [5.41, 5.74) is 0.156. The van der Waals surface area contributed by atoms with Crippen molar-refractivity contribution < 1.29 is 18.3 Å². The number of carbonyl (C=O) groups excluding carboxylic acids is 1. The van der Waals surface area contributed by atoms with E-state index in [0.29, 0.717) is 0 Å². The van der Waals surface area contributed by atoms with Gasteiger partial charge in [0.25, 0.3) is 5.91 Å². The Morgan fingerprint density at radius 3 is 2.69 bits per heavy atom. The lowest BCUT2D eigenvalue weighted by molar-refractivity contribution is -0.121. The van der Waals surface area contributed by atoms with Crippen molar-refractivity contribution in [3.63, 3.8) is 0 Å². The second-order valence-corrected chi connectivity index (χ2v) is 3.88. The molecule has 86 valence electrons. The number of benzene rings is 1. The van der Waals surface area contributed by atoms with Crippen LogP contribution in [-0.2, 0) is 4.79 Å². The van der Waals surface area contributed by atoms with Crippen LogP contribution in [0.4, 0.5) is 14.5 Å². The van der Waals surface area contributed by atoms with Crippen molar-refractivity contribution in [2.24, 2.45) is 0 Å². The molecule has 1 aliphatic heterocycles. The average Bonchev–Trinajstić information content (AvgIpc) is 2.15. The van der Waals surface area contributed by atoms with E-state index < -0.39 is 11.6 Å². The Morgan fingerprint density at radius 2 is 2.06 bits per heavy atom. The molecule has 5 heteroatoms. The molecule has 1 aliphatic rings. The number of anilines is 1. The van der Waals surface area contributed by atoms with Crippen LogP contribution in [0.15, 0.2) is 12.1 Å². The van der Waals surface area contributed by atoms with Crippen molar-refractivity contribution in [2.75, 3.05) is 11.5 Å². The topological polar surface area (TPSA) is 29.5 Å². The minimum Gasteiger partial charge on any atom is -0.478 e. The first-order valence-electron chi connectivity index (χ1n) is 4.94. The molecule has 1 amide bonds. The van der Waals surface area contributed by atoms with Crippen molar-refractivity contribution in [3.05, 3.63) is 23.8 Å². The van der Waals surface area contributed by atoms with Crippen molar-refractivity contribution in [2.45, 2.75) is 19.9 Å². The number of amides is 1. The Kier molecular flexibility index (Phi) is 2.53. The van der Waals surface area contributed by atoms with Crippen LogP contribution < -0.4 is 9.64 Å². The summed E-state index contributed by atoms with van der Waals surface area (Å²) in [6.07, 6.45) is 0. The molecule has 1 heterocycles. The monoisotopic (exact) mass is 227 g/mol. The fourth-order valence-corrected chi connectivity index (χ4v) is 1.77. The Morgan fingerprint density at radius 1 is 1.38 bits per heavy atom. The second-order valence-electron chi connectivity index (χ2n) is 3.88. The van der Waals surface area contributed by atoms with Gasteiger partial charge in [-0.05, 0) is 13.8 Å². The van der Waals surface area contributed by atoms with Crippen molar-refractivity contribution >= 4 is 11.6 Å². The van der Waals surface area contributed by atoms with Gasteiger partial charge in [0.05, 0.1) is 5.69 Å². The predicted octanol–water partition coefficient (Wildman–Crippen LogP) is 2.10. The molecule has 0 unspecified atom stereocenters. The van der Waals surface area contributed by atoms with Gasteiger partial charge >= 0.3 is 0 Å². The van der Waals surface area contributed by atoms with E-state index in [1.165, 1.54) is 4.90 Å². The average molecular weight is 227 g/mol. The van der Waals surface area contributed by atoms with Gasteiger partial charge in [0, 0.05) is 18.2 Å². The number of rotatable bonds is 1. The van der Waals surface area contributed by atoms with E-state index in [1.807, 2.05) is 0 Å². The minimum atomic E-state index is -0.784. The SMILES string of the molecule is CC(C)N1C(=O)COc2c(F)cc(F)cc21. The lowest BCUT2D eigenvalue weighted by atomic mass is 10.2. The first-order chi connectivity index (χ1) is 7.50. The summed E-state index contributed by atoms with van der Waals surface area (Å²) < 4.78 is 31.4. The number of ether oxygens (including phenoxy) is 1. The fourth-order valence-electron chi connectivity index (χ4n) is 1.77. The molecule has 0 N–H and O–H groups in total. The molecule has 0 bridgehead atoms. The Balaban J connectivity index is 2.58. The molecule has 2 rings (SSSR count). The maximum atomic E-state index is 13.4. The van der Waals surface area contributed by atoms with Crippen molar-refractivity contribution in [1.29, 1.82) is 0 Å². The summed E-state index contributed by atoms with van der Waals surface area (Å²) in [6, 6.07) is 1.68. The van der Waals surface area contributed by atoms with E-state index in [-0.39, 0.29) is 30.0 Å². The molecule has 0 aliphatic carbocycles. The number of halogens is 2. The van der Waals surface area contributed by atoms with E-state index >= 15 is 0 Å². The zero-order chi connectivity index (χ0) is 11.9. The summed E-state index contributed by atoms with van der Waals surface area (Å²) in [5.74, 6) is -1.87. The molecule has 3 nitrogen and oxygen atoms in total. The van der Waals surface area contributed by atoms with Crippen LogP contribution in [0.3, 0.4) is 0 Å². The summed E-state index contributed by atoms with van der Waals surface area (Å²) in [6.45, 7) is 3.33. The lowest BCUT2D eigenvalue weighted by Gasteiger charge is -2.32. The Labute approximate surface area is 91.6 Å². The maximum Gasteiger partial charge on any atom is 0.265 e. The Hall–Kier alpha value is -1.65. The highest BCUT2D eigenvalue weighted by Gasteiger charge is 2.30. The third-order valence-corrected chi connectivity index (χ3v) is 2.37. The van der Waals surface area contributed by atoms with E-state index in [1.54, 1.807) is 13.8 Å². The third kappa shape index (κ3) is 1.62. The maximum absolute atomic E-state index is 13.4. The van der Waals surface area contributed by atoms with Gasteiger partial charge in [0.15, 0.2) is 18.2 Å². The van der Waals surface area contributed by atoms with Gasteiger partial charge in [0.1, 0.15) is 5.82 Å². The predicted molar refractivity (Wildman–Crippen MR) is 54.5 cm³/mol. The molecule has 0 radical (unpaired) electrons. The second kappa shape index (κ2) is 3.73. The van der Waals surface area contributed by atoms with E-state index in [0.717, 1.165) is 12.1 Å². The highest BCUT2D eigenvalue weighted by molar-refractivity contribution is 5.98. The summed E-state index contributed by atoms with van der Waals surface area (Å²) >= 11 is 0. The van der Waals surface area contributed by atoms with Gasteiger partial charge in [-0.2, -0.15) is 0 Å². The molecule has 0 spiro atoms. The van der Waals surface area contributed by atoms with Crippen LogP contribution in [0.25, 0.3) is 0 Å². The van der Waals surface area contributed by atoms with Gasteiger partial charge in [-0.25, -0.2) is 8.78 Å². The zero-order valence-electron chi connectivity index (χ0n) is 8.96. The Bertz CT molecular complexity index is 446. The largest absolute Gasteiger partial charge is 0.478 e. The standard InChI is InChI=1S/C11H11F2NO2/c1-6(2)14-9-4-7(12)3-8(13)11(9)16-5-10(14)15/h3-4,6H,5H2,1-2H3. The van der Waals surface area contributed by atoms with Crippen LogP contribution in [0, 0.1) is 11.6 Å².